The number of thiophene rings is 1. The zero-order valence-corrected chi connectivity index (χ0v) is 13.7. The van der Waals surface area contributed by atoms with Crippen LogP contribution in [0.1, 0.15) is 48.6 Å². The summed E-state index contributed by atoms with van der Waals surface area (Å²) < 4.78 is 3.07. The Kier molecular flexibility index (Phi) is 3.59. The molecule has 1 fully saturated rings. The fourth-order valence-corrected chi connectivity index (χ4v) is 4.77. The van der Waals surface area contributed by atoms with Crippen LogP contribution in [-0.4, -0.2) is 21.3 Å². The van der Waals surface area contributed by atoms with Gasteiger partial charge in [0.15, 0.2) is 4.77 Å². The molecule has 0 unspecified atom stereocenters. The molecular formula is C15H20N4S2. The minimum atomic E-state index is 0.531. The van der Waals surface area contributed by atoms with Gasteiger partial charge in [-0.2, -0.15) is 0 Å². The number of rotatable bonds is 2. The molecule has 0 aromatic carbocycles. The van der Waals surface area contributed by atoms with E-state index in [4.69, 9.17) is 12.2 Å². The summed E-state index contributed by atoms with van der Waals surface area (Å²) in [5.41, 5.74) is 1.45. The maximum absolute atomic E-state index is 5.50. The maximum atomic E-state index is 5.50. The molecular weight excluding hydrogens is 300 g/mol. The third-order valence-electron chi connectivity index (χ3n) is 4.72. The summed E-state index contributed by atoms with van der Waals surface area (Å²) in [6.07, 6.45) is 7.57. The van der Waals surface area contributed by atoms with E-state index < -0.39 is 0 Å². The Morgan fingerprint density at radius 3 is 3.00 bits per heavy atom. The van der Waals surface area contributed by atoms with Gasteiger partial charge >= 0.3 is 0 Å². The molecule has 21 heavy (non-hydrogen) atoms. The Morgan fingerprint density at radius 1 is 1.29 bits per heavy atom. The molecule has 0 radical (unpaired) electrons. The van der Waals surface area contributed by atoms with Gasteiger partial charge in [-0.05, 0) is 48.5 Å². The first-order valence-electron chi connectivity index (χ1n) is 7.80. The summed E-state index contributed by atoms with van der Waals surface area (Å²) in [6.45, 7) is 2.00. The van der Waals surface area contributed by atoms with Crippen LogP contribution in [0, 0.1) is 4.77 Å². The Labute approximate surface area is 133 Å². The van der Waals surface area contributed by atoms with Crippen LogP contribution in [0.4, 0.5) is 5.95 Å². The molecule has 4 rings (SSSR count). The van der Waals surface area contributed by atoms with Gasteiger partial charge in [-0.3, -0.25) is 4.57 Å². The molecule has 2 aromatic rings. The highest BCUT2D eigenvalue weighted by molar-refractivity contribution is 7.71. The van der Waals surface area contributed by atoms with Crippen molar-refractivity contribution in [1.29, 1.82) is 0 Å². The molecule has 6 heteroatoms. The van der Waals surface area contributed by atoms with E-state index in [9.17, 15) is 0 Å². The van der Waals surface area contributed by atoms with Crippen molar-refractivity contribution >= 4 is 29.5 Å². The SMILES string of the molecule is S=c1[nH]nc(N2CCc3sccc3C2)n1C1CCCCC1. The van der Waals surface area contributed by atoms with Crippen molar-refractivity contribution in [1.82, 2.24) is 14.8 Å². The van der Waals surface area contributed by atoms with E-state index in [0.29, 0.717) is 6.04 Å². The molecule has 0 atom stereocenters. The molecule has 1 aliphatic heterocycles. The van der Waals surface area contributed by atoms with Gasteiger partial charge in [0, 0.05) is 24.0 Å². The number of aromatic nitrogens is 3. The predicted molar refractivity (Wildman–Crippen MR) is 88.6 cm³/mol. The lowest BCUT2D eigenvalue weighted by Gasteiger charge is -2.31. The number of nitrogens with one attached hydrogen (secondary N) is 1. The van der Waals surface area contributed by atoms with Crippen molar-refractivity contribution in [2.75, 3.05) is 11.4 Å². The lowest BCUT2D eigenvalue weighted by atomic mass is 9.95. The zero-order valence-electron chi connectivity index (χ0n) is 12.0. The molecule has 3 heterocycles. The third kappa shape index (κ3) is 2.44. The van der Waals surface area contributed by atoms with E-state index in [1.54, 1.807) is 0 Å². The molecule has 2 aromatic heterocycles. The van der Waals surface area contributed by atoms with Gasteiger partial charge in [-0.1, -0.05) is 19.3 Å². The summed E-state index contributed by atoms with van der Waals surface area (Å²) in [6, 6.07) is 2.78. The van der Waals surface area contributed by atoms with E-state index in [1.807, 2.05) is 11.3 Å². The number of H-pyrrole nitrogens is 1. The van der Waals surface area contributed by atoms with Crippen LogP contribution in [-0.2, 0) is 13.0 Å². The van der Waals surface area contributed by atoms with Crippen LogP contribution in [0.2, 0.25) is 0 Å². The normalized spacial score (nSPS) is 19.7. The van der Waals surface area contributed by atoms with Gasteiger partial charge in [-0.15, -0.1) is 16.4 Å². The highest BCUT2D eigenvalue weighted by Crippen LogP contribution is 2.33. The largest absolute Gasteiger partial charge is 0.336 e. The quantitative estimate of drug-likeness (QED) is 0.848. The van der Waals surface area contributed by atoms with Gasteiger partial charge in [0.05, 0.1) is 0 Å². The summed E-state index contributed by atoms with van der Waals surface area (Å²) in [4.78, 5) is 3.92. The highest BCUT2D eigenvalue weighted by Gasteiger charge is 2.25. The fourth-order valence-electron chi connectivity index (χ4n) is 3.61. The Morgan fingerprint density at radius 2 is 2.14 bits per heavy atom. The lowest BCUT2D eigenvalue weighted by Crippen LogP contribution is -2.32. The van der Waals surface area contributed by atoms with E-state index >= 15 is 0 Å². The van der Waals surface area contributed by atoms with Crippen molar-refractivity contribution in [2.24, 2.45) is 0 Å². The molecule has 0 spiro atoms. The van der Waals surface area contributed by atoms with E-state index in [0.717, 1.165) is 30.2 Å². The van der Waals surface area contributed by atoms with Crippen LogP contribution in [0.5, 0.6) is 0 Å². The molecule has 0 bridgehead atoms. The average Bonchev–Trinajstić information content (AvgIpc) is 3.13. The number of hydrogen-bond donors (Lipinski definition) is 1. The first-order valence-corrected chi connectivity index (χ1v) is 9.09. The zero-order chi connectivity index (χ0) is 14.2. The molecule has 1 aliphatic carbocycles. The second-order valence-corrected chi connectivity index (χ2v) is 7.42. The molecule has 2 aliphatic rings. The van der Waals surface area contributed by atoms with E-state index in [1.165, 1.54) is 42.5 Å². The second-order valence-electron chi connectivity index (χ2n) is 6.03. The standard InChI is InChI=1S/C15H20N4S2/c20-15-17-16-14(19(15)12-4-2-1-3-5-12)18-8-6-13-11(10-18)7-9-21-13/h7,9,12H,1-6,8,10H2,(H,17,20). The number of hydrogen-bond acceptors (Lipinski definition) is 4. The monoisotopic (exact) mass is 320 g/mol. The molecule has 1 saturated carbocycles. The van der Waals surface area contributed by atoms with Gasteiger partial charge in [0.1, 0.15) is 0 Å². The highest BCUT2D eigenvalue weighted by atomic mass is 32.1. The van der Waals surface area contributed by atoms with Crippen LogP contribution in [0.15, 0.2) is 11.4 Å². The lowest BCUT2D eigenvalue weighted by molar-refractivity contribution is 0.349. The summed E-state index contributed by atoms with van der Waals surface area (Å²) in [7, 11) is 0. The first kappa shape index (κ1) is 13.5. The van der Waals surface area contributed by atoms with Crippen molar-refractivity contribution in [3.05, 3.63) is 26.7 Å². The molecule has 0 amide bonds. The molecule has 0 saturated heterocycles. The van der Waals surface area contributed by atoms with Crippen molar-refractivity contribution < 1.29 is 0 Å². The number of anilines is 1. The van der Waals surface area contributed by atoms with Gasteiger partial charge < -0.3 is 4.90 Å². The van der Waals surface area contributed by atoms with Crippen LogP contribution in [0.25, 0.3) is 0 Å². The number of fused-ring (bicyclic) bond motifs is 1. The van der Waals surface area contributed by atoms with Crippen molar-refractivity contribution in [3.8, 4) is 0 Å². The Hall–Kier alpha value is -1.14. The van der Waals surface area contributed by atoms with Crippen molar-refractivity contribution in [2.45, 2.75) is 51.1 Å². The average molecular weight is 320 g/mol. The molecule has 112 valence electrons. The second kappa shape index (κ2) is 5.57. The van der Waals surface area contributed by atoms with Crippen LogP contribution >= 0.6 is 23.6 Å². The number of aromatic amines is 1. The minimum Gasteiger partial charge on any atom is -0.336 e. The summed E-state index contributed by atoms with van der Waals surface area (Å²) in [5.74, 6) is 1.05. The Bertz CT molecular complexity index is 678. The van der Waals surface area contributed by atoms with Gasteiger partial charge in [0.2, 0.25) is 5.95 Å². The van der Waals surface area contributed by atoms with Crippen LogP contribution in [0.3, 0.4) is 0 Å². The third-order valence-corrected chi connectivity index (χ3v) is 6.03. The predicted octanol–water partition coefficient (Wildman–Crippen LogP) is 4.07. The molecule has 4 nitrogen and oxygen atoms in total. The van der Waals surface area contributed by atoms with E-state index in [-0.39, 0.29) is 0 Å². The van der Waals surface area contributed by atoms with E-state index in [2.05, 4.69) is 31.1 Å². The van der Waals surface area contributed by atoms with Crippen molar-refractivity contribution in [3.63, 3.8) is 0 Å². The van der Waals surface area contributed by atoms with Gasteiger partial charge in [-0.25, -0.2) is 5.10 Å². The Balaban J connectivity index is 1.65. The number of nitrogens with zero attached hydrogens (tertiary/aromatic N) is 3. The van der Waals surface area contributed by atoms with Gasteiger partial charge in [0.25, 0.3) is 0 Å². The molecule has 1 N–H and O–H groups in total. The fraction of sp³-hybridized carbons (Fsp3) is 0.600. The minimum absolute atomic E-state index is 0.531. The van der Waals surface area contributed by atoms with Crippen LogP contribution < -0.4 is 4.90 Å². The summed E-state index contributed by atoms with van der Waals surface area (Å²) in [5, 5.41) is 9.77. The summed E-state index contributed by atoms with van der Waals surface area (Å²) >= 11 is 7.38. The first-order chi connectivity index (χ1) is 10.3. The smallest absolute Gasteiger partial charge is 0.226 e. The maximum Gasteiger partial charge on any atom is 0.226 e. The topological polar surface area (TPSA) is 36.9 Å².